The van der Waals surface area contributed by atoms with Crippen LogP contribution < -0.4 is 26.5 Å². The molecular weight excluding hydrogens is 556 g/mol. The molecule has 1 aliphatic carbocycles. The second-order valence-corrected chi connectivity index (χ2v) is 15.7. The van der Waals surface area contributed by atoms with E-state index in [2.05, 4.69) is 169 Å². The first-order valence-corrected chi connectivity index (χ1v) is 18.1. The monoisotopic (exact) mass is 593 g/mol. The van der Waals surface area contributed by atoms with Crippen LogP contribution in [0.15, 0.2) is 169 Å². The van der Waals surface area contributed by atoms with Crippen LogP contribution in [-0.2, 0) is 0 Å². The van der Waals surface area contributed by atoms with Crippen LogP contribution in [0.1, 0.15) is 24.4 Å². The Bertz CT molecular complexity index is 1600. The fourth-order valence-electron chi connectivity index (χ4n) is 6.74. The predicted molar refractivity (Wildman–Crippen MR) is 188 cm³/mol. The minimum Gasteiger partial charge on any atom is -0.295 e. The SMILES string of the molecule is C1=CC([C@@H](c2ccccc2P(c2ccccc2)c2ccccc2)N2CCCC2)C(P(c2ccccc2)c2ccccc2)=C1. The summed E-state index contributed by atoms with van der Waals surface area (Å²) in [5.41, 5.74) is 1.49. The van der Waals surface area contributed by atoms with E-state index in [4.69, 9.17) is 0 Å². The molecule has 0 aromatic heterocycles. The molecular formula is C40H37NP2. The van der Waals surface area contributed by atoms with Crippen LogP contribution in [0.4, 0.5) is 0 Å². The number of likely N-dealkylation sites (tertiary alicyclic amines) is 1. The number of nitrogens with zero attached hydrogens (tertiary/aromatic N) is 1. The zero-order chi connectivity index (χ0) is 28.8. The van der Waals surface area contributed by atoms with Gasteiger partial charge in [0.2, 0.25) is 0 Å². The molecule has 0 bridgehead atoms. The van der Waals surface area contributed by atoms with Crippen molar-refractivity contribution in [3.05, 3.63) is 175 Å². The van der Waals surface area contributed by atoms with Crippen molar-refractivity contribution in [2.75, 3.05) is 13.1 Å². The highest BCUT2D eigenvalue weighted by Gasteiger charge is 2.38. The third-order valence-corrected chi connectivity index (χ3v) is 13.7. The summed E-state index contributed by atoms with van der Waals surface area (Å²) in [6.07, 6.45) is 9.83. The first-order valence-electron chi connectivity index (χ1n) is 15.4. The summed E-state index contributed by atoms with van der Waals surface area (Å²) in [7, 11) is -1.37. The molecule has 2 aliphatic rings. The Morgan fingerprint density at radius 1 is 0.512 bits per heavy atom. The van der Waals surface area contributed by atoms with Gasteiger partial charge >= 0.3 is 0 Å². The first-order chi connectivity index (χ1) is 21.4. The highest BCUT2D eigenvalue weighted by atomic mass is 31.1. The lowest BCUT2D eigenvalue weighted by molar-refractivity contribution is 0.218. The largest absolute Gasteiger partial charge is 0.295 e. The minimum atomic E-state index is -0.710. The van der Waals surface area contributed by atoms with Crippen LogP contribution in [0, 0.1) is 5.92 Å². The highest BCUT2D eigenvalue weighted by molar-refractivity contribution is 7.80. The Hall–Kier alpha value is -3.60. The molecule has 212 valence electrons. The summed E-state index contributed by atoms with van der Waals surface area (Å²) in [6.45, 7) is 2.31. The van der Waals surface area contributed by atoms with Gasteiger partial charge in [-0.2, -0.15) is 0 Å². The number of hydrogen-bond acceptors (Lipinski definition) is 1. The molecule has 1 nitrogen and oxygen atoms in total. The van der Waals surface area contributed by atoms with E-state index in [0.717, 1.165) is 13.1 Å². The van der Waals surface area contributed by atoms with E-state index in [-0.39, 0.29) is 0 Å². The summed E-state index contributed by atoms with van der Waals surface area (Å²) in [6, 6.07) is 54.4. The summed E-state index contributed by atoms with van der Waals surface area (Å²) >= 11 is 0. The highest BCUT2D eigenvalue weighted by Crippen LogP contribution is 2.54. The van der Waals surface area contributed by atoms with Gasteiger partial charge in [-0.1, -0.05) is 164 Å². The van der Waals surface area contributed by atoms with E-state index in [1.54, 1.807) is 5.31 Å². The Labute approximate surface area is 259 Å². The van der Waals surface area contributed by atoms with Crippen molar-refractivity contribution >= 4 is 42.4 Å². The molecule has 0 spiro atoms. The van der Waals surface area contributed by atoms with Crippen molar-refractivity contribution in [2.45, 2.75) is 18.9 Å². The van der Waals surface area contributed by atoms with E-state index in [1.165, 1.54) is 44.9 Å². The van der Waals surface area contributed by atoms with Gasteiger partial charge in [-0.25, -0.2) is 0 Å². The number of allylic oxidation sites excluding steroid dienone is 2. The van der Waals surface area contributed by atoms with Crippen molar-refractivity contribution in [1.82, 2.24) is 4.90 Å². The molecule has 1 aliphatic heterocycles. The molecule has 0 N–H and O–H groups in total. The lowest BCUT2D eigenvalue weighted by atomic mass is 9.92. The quantitative estimate of drug-likeness (QED) is 0.158. The van der Waals surface area contributed by atoms with Crippen LogP contribution in [0.2, 0.25) is 0 Å². The van der Waals surface area contributed by atoms with Crippen molar-refractivity contribution in [3.63, 3.8) is 0 Å². The van der Waals surface area contributed by atoms with Crippen molar-refractivity contribution < 1.29 is 0 Å². The minimum absolute atomic E-state index is 0.290. The molecule has 2 atom stereocenters. The average molecular weight is 594 g/mol. The molecule has 1 fully saturated rings. The number of benzene rings is 5. The number of rotatable bonds is 9. The van der Waals surface area contributed by atoms with Gasteiger partial charge in [0.1, 0.15) is 0 Å². The Morgan fingerprint density at radius 3 is 1.47 bits per heavy atom. The third-order valence-electron chi connectivity index (χ3n) is 8.61. The molecule has 5 aromatic carbocycles. The van der Waals surface area contributed by atoms with Gasteiger partial charge in [-0.3, -0.25) is 4.90 Å². The Balaban J connectivity index is 1.38. The number of hydrogen-bond donors (Lipinski definition) is 0. The first kappa shape index (κ1) is 28.2. The van der Waals surface area contributed by atoms with Gasteiger partial charge in [0.25, 0.3) is 0 Å². The Kier molecular flexibility index (Phi) is 8.76. The van der Waals surface area contributed by atoms with E-state index < -0.39 is 15.8 Å². The van der Waals surface area contributed by atoms with Crippen LogP contribution in [0.5, 0.6) is 0 Å². The standard InChI is InChI=1S/C40H37NP2/c1-5-18-32(19-6-1)42(33-20-7-2-8-21-33)38-28-14-13-26-36(38)40(41-30-15-16-31-41)37-27-17-29-39(37)43(34-22-9-3-10-23-34)35-24-11-4-12-25-35/h1-14,17-29,37,40H,15-16,30-31H2/t37?,40-/m1/s1. The molecule has 1 unspecified atom stereocenters. The predicted octanol–water partition coefficient (Wildman–Crippen LogP) is 7.78. The second-order valence-electron chi connectivity index (χ2n) is 11.3. The topological polar surface area (TPSA) is 3.24 Å². The lowest BCUT2D eigenvalue weighted by Crippen LogP contribution is -2.36. The molecule has 7 rings (SSSR count). The molecule has 0 saturated carbocycles. The molecule has 43 heavy (non-hydrogen) atoms. The maximum absolute atomic E-state index is 2.79. The van der Waals surface area contributed by atoms with Crippen LogP contribution >= 0.6 is 15.8 Å². The average Bonchev–Trinajstić information content (AvgIpc) is 3.78. The van der Waals surface area contributed by atoms with Gasteiger partial charge < -0.3 is 0 Å². The van der Waals surface area contributed by atoms with Crippen molar-refractivity contribution in [3.8, 4) is 0 Å². The maximum Gasteiger partial charge on any atom is 0.0458 e. The molecule has 0 radical (unpaired) electrons. The van der Waals surface area contributed by atoms with E-state index in [9.17, 15) is 0 Å². The smallest absolute Gasteiger partial charge is 0.0458 e. The van der Waals surface area contributed by atoms with Gasteiger partial charge in [-0.15, -0.1) is 0 Å². The van der Waals surface area contributed by atoms with Gasteiger partial charge in [0.15, 0.2) is 0 Å². The summed E-state index contributed by atoms with van der Waals surface area (Å²) in [4.78, 5) is 2.79. The van der Waals surface area contributed by atoms with E-state index in [0.29, 0.717) is 12.0 Å². The van der Waals surface area contributed by atoms with Crippen molar-refractivity contribution in [2.24, 2.45) is 5.92 Å². The lowest BCUT2D eigenvalue weighted by Gasteiger charge is -2.38. The zero-order valence-electron chi connectivity index (χ0n) is 24.4. The fraction of sp³-hybridized carbons (Fsp3) is 0.150. The summed E-state index contributed by atoms with van der Waals surface area (Å²) in [5, 5.41) is 8.70. The summed E-state index contributed by atoms with van der Waals surface area (Å²) in [5.74, 6) is 0.314. The van der Waals surface area contributed by atoms with Gasteiger partial charge in [0.05, 0.1) is 0 Å². The zero-order valence-corrected chi connectivity index (χ0v) is 26.2. The Morgan fingerprint density at radius 2 is 0.953 bits per heavy atom. The third kappa shape index (κ3) is 5.96. The fourth-order valence-corrected chi connectivity index (χ4v) is 11.8. The second kappa shape index (κ2) is 13.4. The summed E-state index contributed by atoms with van der Waals surface area (Å²) < 4.78 is 0. The molecule has 1 heterocycles. The van der Waals surface area contributed by atoms with E-state index in [1.807, 2.05) is 0 Å². The maximum atomic E-state index is 2.79. The molecule has 1 saturated heterocycles. The van der Waals surface area contributed by atoms with E-state index >= 15 is 0 Å². The van der Waals surface area contributed by atoms with Gasteiger partial charge in [-0.05, 0) is 79.2 Å². The van der Waals surface area contributed by atoms with Crippen molar-refractivity contribution in [1.29, 1.82) is 0 Å². The van der Waals surface area contributed by atoms with Gasteiger partial charge in [0, 0.05) is 12.0 Å². The van der Waals surface area contributed by atoms with Crippen LogP contribution in [-0.4, -0.2) is 18.0 Å². The molecule has 0 amide bonds. The normalized spacial score (nSPS) is 17.4. The van der Waals surface area contributed by atoms with Crippen LogP contribution in [0.25, 0.3) is 0 Å². The molecule has 5 aromatic rings. The molecule has 3 heteroatoms. The van der Waals surface area contributed by atoms with Crippen LogP contribution in [0.3, 0.4) is 0 Å².